The lowest BCUT2D eigenvalue weighted by atomic mass is 10.1. The molecule has 0 fully saturated rings. The molecule has 0 bridgehead atoms. The predicted molar refractivity (Wildman–Crippen MR) is 198 cm³/mol. The van der Waals surface area contributed by atoms with Crippen LogP contribution in [0.4, 0.5) is 0 Å². The minimum Gasteiger partial charge on any atom is -0.463 e. The Morgan fingerprint density at radius 3 is 1.76 bits per heavy atom. The van der Waals surface area contributed by atoms with Crippen LogP contribution in [0.15, 0.2) is 162 Å². The number of rotatable bonds is 6. The molecule has 49 heavy (non-hydrogen) atoms. The number of nitrogens with zero attached hydrogens (tertiary/aromatic N) is 4. The molecule has 0 radical (unpaired) electrons. The van der Waals surface area contributed by atoms with E-state index in [0.717, 1.165) is 34.2 Å². The summed E-state index contributed by atoms with van der Waals surface area (Å²) in [6, 6.07) is 54.3. The van der Waals surface area contributed by atoms with Gasteiger partial charge in [0.15, 0.2) is 8.07 Å². The third-order valence-electron chi connectivity index (χ3n) is 9.97. The standard InChI is InChI=1S/C42H30N4O2Si/c1-3-11-33(12-4-1)49(34-13-5-2-6-14-34,35-15-7-9-29(25-35)31-17-19-37-39(27-31)45-21-23-47-41(45)43-37)36-16-8-10-30(26-36)32-18-20-38-40(28-32)46-22-24-48-42(46)44-38/h1-21,23,25-28H,22,24H2. The summed E-state index contributed by atoms with van der Waals surface area (Å²) < 4.78 is 15.5. The fourth-order valence-corrected chi connectivity index (χ4v) is 12.5. The van der Waals surface area contributed by atoms with Crippen molar-refractivity contribution in [2.75, 3.05) is 6.61 Å². The first-order valence-electron chi connectivity index (χ1n) is 16.6. The van der Waals surface area contributed by atoms with Gasteiger partial charge in [0.25, 0.3) is 6.01 Å². The van der Waals surface area contributed by atoms with Crippen molar-refractivity contribution in [3.05, 3.63) is 158 Å². The van der Waals surface area contributed by atoms with Crippen LogP contribution >= 0.6 is 0 Å². The van der Waals surface area contributed by atoms with Crippen LogP contribution in [0.2, 0.25) is 0 Å². The molecule has 6 nitrogen and oxygen atoms in total. The van der Waals surface area contributed by atoms with E-state index in [0.29, 0.717) is 18.5 Å². The number of oxazole rings is 1. The number of benzene rings is 6. The molecular formula is C42H30N4O2Si. The first-order valence-corrected chi connectivity index (χ1v) is 18.6. The van der Waals surface area contributed by atoms with Gasteiger partial charge in [-0.15, -0.1) is 0 Å². The number of hydrogen-bond acceptors (Lipinski definition) is 4. The Labute approximate surface area is 283 Å². The van der Waals surface area contributed by atoms with E-state index < -0.39 is 8.07 Å². The molecule has 7 heteroatoms. The molecule has 0 unspecified atom stereocenters. The number of aromatic nitrogens is 4. The topological polar surface area (TPSA) is 57.5 Å². The van der Waals surface area contributed by atoms with Gasteiger partial charge in [-0.05, 0) is 67.3 Å². The van der Waals surface area contributed by atoms with Crippen LogP contribution in [0.5, 0.6) is 6.01 Å². The highest BCUT2D eigenvalue weighted by atomic mass is 28.3. The average molecular weight is 651 g/mol. The van der Waals surface area contributed by atoms with Gasteiger partial charge in [-0.3, -0.25) is 8.97 Å². The van der Waals surface area contributed by atoms with E-state index in [4.69, 9.17) is 14.1 Å². The van der Waals surface area contributed by atoms with Crippen molar-refractivity contribution in [1.29, 1.82) is 0 Å². The SMILES string of the molecule is c1ccc([Si](c2ccccc2)(c2cccc(-c3ccc4nc5n(c4c3)CCO5)c2)c2cccc(-c3ccc4nc5occn5c4c3)c2)cc1. The smallest absolute Gasteiger partial charge is 0.306 e. The van der Waals surface area contributed by atoms with E-state index in [9.17, 15) is 0 Å². The molecule has 0 atom stereocenters. The van der Waals surface area contributed by atoms with Crippen molar-refractivity contribution in [3.8, 4) is 28.3 Å². The van der Waals surface area contributed by atoms with Gasteiger partial charge in [0.1, 0.15) is 12.9 Å². The molecule has 1 aliphatic heterocycles. The zero-order valence-electron chi connectivity index (χ0n) is 26.5. The van der Waals surface area contributed by atoms with Crippen LogP contribution in [0.25, 0.3) is 50.2 Å². The van der Waals surface area contributed by atoms with E-state index in [-0.39, 0.29) is 0 Å². The lowest BCUT2D eigenvalue weighted by molar-refractivity contribution is 0.346. The Bertz CT molecular complexity index is 2620. The zero-order valence-corrected chi connectivity index (χ0v) is 27.5. The van der Waals surface area contributed by atoms with Gasteiger partial charge in [-0.2, -0.15) is 9.97 Å². The van der Waals surface area contributed by atoms with Crippen LogP contribution in [0.1, 0.15) is 0 Å². The maximum absolute atomic E-state index is 5.76. The van der Waals surface area contributed by atoms with Crippen molar-refractivity contribution >= 4 is 56.7 Å². The first kappa shape index (κ1) is 27.9. The fourth-order valence-electron chi connectivity index (χ4n) is 7.70. The van der Waals surface area contributed by atoms with Crippen molar-refractivity contribution in [2.24, 2.45) is 0 Å². The van der Waals surface area contributed by atoms with Gasteiger partial charge in [0.2, 0.25) is 0 Å². The molecule has 6 aromatic carbocycles. The molecule has 0 saturated carbocycles. The summed E-state index contributed by atoms with van der Waals surface area (Å²) in [6.45, 7) is 1.49. The molecule has 10 rings (SSSR count). The van der Waals surface area contributed by atoms with Crippen molar-refractivity contribution in [1.82, 2.24) is 18.9 Å². The lowest BCUT2D eigenvalue weighted by Crippen LogP contribution is -2.74. The average Bonchev–Trinajstić information content (AvgIpc) is 3.95. The normalized spacial score (nSPS) is 12.9. The molecule has 0 amide bonds. The highest BCUT2D eigenvalue weighted by molar-refractivity contribution is 7.20. The Hall–Kier alpha value is -6.18. The zero-order chi connectivity index (χ0) is 32.4. The summed E-state index contributed by atoms with van der Waals surface area (Å²) in [5, 5.41) is 5.32. The van der Waals surface area contributed by atoms with E-state index in [1.807, 2.05) is 10.6 Å². The summed E-state index contributed by atoms with van der Waals surface area (Å²) in [7, 11) is -2.83. The summed E-state index contributed by atoms with van der Waals surface area (Å²) in [4.78, 5) is 9.34. The highest BCUT2D eigenvalue weighted by Crippen LogP contribution is 2.30. The Morgan fingerprint density at radius 2 is 1.10 bits per heavy atom. The Morgan fingerprint density at radius 1 is 0.531 bits per heavy atom. The number of fused-ring (bicyclic) bond motifs is 6. The quantitative estimate of drug-likeness (QED) is 0.152. The van der Waals surface area contributed by atoms with Crippen LogP contribution in [-0.2, 0) is 6.54 Å². The van der Waals surface area contributed by atoms with Crippen molar-refractivity contribution in [2.45, 2.75) is 6.54 Å². The van der Waals surface area contributed by atoms with Crippen LogP contribution in [0.3, 0.4) is 0 Å². The van der Waals surface area contributed by atoms with Gasteiger partial charge in [0.05, 0.1) is 28.6 Å². The summed E-state index contributed by atoms with van der Waals surface area (Å²) in [6.07, 6.45) is 3.60. The number of hydrogen-bond donors (Lipinski definition) is 0. The van der Waals surface area contributed by atoms with E-state index in [2.05, 4.69) is 155 Å². The van der Waals surface area contributed by atoms with E-state index in [1.54, 1.807) is 6.26 Å². The maximum atomic E-state index is 5.76. The summed E-state index contributed by atoms with van der Waals surface area (Å²) >= 11 is 0. The third kappa shape index (κ3) is 4.32. The maximum Gasteiger partial charge on any atom is 0.306 e. The van der Waals surface area contributed by atoms with E-state index in [1.165, 1.54) is 37.4 Å². The van der Waals surface area contributed by atoms with Gasteiger partial charge in [0, 0.05) is 6.20 Å². The Balaban J connectivity index is 1.20. The van der Waals surface area contributed by atoms with Crippen molar-refractivity contribution < 1.29 is 9.15 Å². The molecule has 4 heterocycles. The van der Waals surface area contributed by atoms with Gasteiger partial charge >= 0.3 is 5.84 Å². The third-order valence-corrected chi connectivity index (χ3v) is 14.7. The largest absolute Gasteiger partial charge is 0.463 e. The second kappa shape index (κ2) is 10.9. The molecule has 3 aromatic heterocycles. The fraction of sp³-hybridized carbons (Fsp3) is 0.0476. The molecular weight excluding hydrogens is 621 g/mol. The van der Waals surface area contributed by atoms with Gasteiger partial charge in [-0.1, -0.05) is 121 Å². The Kier molecular flexibility index (Phi) is 6.22. The first-order chi connectivity index (χ1) is 24.3. The lowest BCUT2D eigenvalue weighted by Gasteiger charge is -2.35. The minimum absolute atomic E-state index is 0.602. The number of imidazole rings is 2. The second-order valence-electron chi connectivity index (χ2n) is 12.6. The predicted octanol–water partition coefficient (Wildman–Crippen LogP) is 6.53. The molecule has 9 aromatic rings. The van der Waals surface area contributed by atoms with E-state index >= 15 is 0 Å². The summed E-state index contributed by atoms with van der Waals surface area (Å²) in [5.41, 5.74) is 8.68. The molecule has 0 N–H and O–H groups in total. The molecule has 1 aliphatic rings. The van der Waals surface area contributed by atoms with Crippen LogP contribution in [0, 0.1) is 0 Å². The monoisotopic (exact) mass is 650 g/mol. The molecule has 234 valence electrons. The molecule has 0 saturated heterocycles. The van der Waals surface area contributed by atoms with Crippen LogP contribution in [-0.4, -0.2) is 33.6 Å². The second-order valence-corrected chi connectivity index (χ2v) is 16.4. The van der Waals surface area contributed by atoms with Gasteiger partial charge in [-0.25, -0.2) is 0 Å². The minimum atomic E-state index is -2.83. The number of ether oxygens (including phenoxy) is 1. The highest BCUT2D eigenvalue weighted by Gasteiger charge is 2.41. The van der Waals surface area contributed by atoms with Crippen molar-refractivity contribution in [3.63, 3.8) is 0 Å². The van der Waals surface area contributed by atoms with Crippen LogP contribution < -0.4 is 25.5 Å². The molecule has 0 spiro atoms. The molecule has 0 aliphatic carbocycles. The summed E-state index contributed by atoms with van der Waals surface area (Å²) in [5.74, 6) is 0.602. The van der Waals surface area contributed by atoms with Gasteiger partial charge < -0.3 is 9.15 Å².